The third kappa shape index (κ3) is 3.63. The van der Waals surface area contributed by atoms with E-state index >= 15 is 0 Å². The maximum atomic E-state index is 6.75. The van der Waals surface area contributed by atoms with Gasteiger partial charge in [-0.2, -0.15) is 9.97 Å². The number of fused-ring (bicyclic) bond motifs is 10. The van der Waals surface area contributed by atoms with Crippen LogP contribution in [0.5, 0.6) is 0 Å². The molecule has 45 heavy (non-hydrogen) atoms. The van der Waals surface area contributed by atoms with Crippen LogP contribution in [0.4, 0.5) is 0 Å². The molecule has 4 aromatic heterocycles. The van der Waals surface area contributed by atoms with Crippen LogP contribution < -0.4 is 0 Å². The van der Waals surface area contributed by atoms with Gasteiger partial charge in [0, 0.05) is 58.9 Å². The van der Waals surface area contributed by atoms with Crippen molar-refractivity contribution in [3.63, 3.8) is 0 Å². The Hall–Kier alpha value is -5.85. The lowest BCUT2D eigenvalue weighted by molar-refractivity contribution is 0.673. The number of hydrogen-bond acceptors (Lipinski definition) is 5. The predicted molar refractivity (Wildman–Crippen MR) is 185 cm³/mol. The molecular weight excluding hydrogens is 573 g/mol. The first kappa shape index (κ1) is 24.6. The summed E-state index contributed by atoms with van der Waals surface area (Å²) in [5.74, 6) is 1.82. The largest absolute Gasteiger partial charge is 0.455 e. The van der Waals surface area contributed by atoms with Gasteiger partial charge in [0.2, 0.25) is 5.95 Å². The molecule has 10 aromatic rings. The highest BCUT2D eigenvalue weighted by Crippen LogP contribution is 2.43. The van der Waals surface area contributed by atoms with E-state index in [2.05, 4.69) is 77.4 Å². The van der Waals surface area contributed by atoms with Crippen LogP contribution in [0.25, 0.3) is 92.6 Å². The van der Waals surface area contributed by atoms with Gasteiger partial charge >= 0.3 is 0 Å². The van der Waals surface area contributed by atoms with Crippen molar-refractivity contribution in [2.75, 3.05) is 0 Å². The smallest absolute Gasteiger partial charge is 0.238 e. The lowest BCUT2D eigenvalue weighted by Crippen LogP contribution is -2.06. The molecule has 0 unspecified atom stereocenters. The molecule has 0 saturated heterocycles. The molecule has 0 atom stereocenters. The quantitative estimate of drug-likeness (QED) is 0.204. The molecular formula is C39H22N4OS. The molecule has 0 N–H and O–H groups in total. The Bertz CT molecular complexity index is 2700. The van der Waals surface area contributed by atoms with Crippen molar-refractivity contribution in [1.82, 2.24) is 19.5 Å². The lowest BCUT2D eigenvalue weighted by Gasteiger charge is -2.10. The highest BCUT2D eigenvalue weighted by atomic mass is 32.1. The number of furan rings is 1. The van der Waals surface area contributed by atoms with Crippen molar-refractivity contribution in [3.8, 4) is 28.7 Å². The summed E-state index contributed by atoms with van der Waals surface area (Å²) in [5, 5.41) is 6.89. The SMILES string of the molecule is c1ccc(-c2nc(-c3ccccc3)nc(-n3c4ccccc4c4cc5c(cc43)oc3c5ccc4sc5ccccc5c43)n2)cc1. The van der Waals surface area contributed by atoms with Gasteiger partial charge in [0.1, 0.15) is 11.2 Å². The zero-order valence-electron chi connectivity index (χ0n) is 23.8. The Morgan fingerprint density at radius 3 is 1.91 bits per heavy atom. The topological polar surface area (TPSA) is 56.7 Å². The molecule has 0 amide bonds. The number of aromatic nitrogens is 4. The molecule has 0 aliphatic heterocycles. The van der Waals surface area contributed by atoms with Crippen molar-refractivity contribution in [1.29, 1.82) is 0 Å². The van der Waals surface area contributed by atoms with Crippen molar-refractivity contribution in [2.24, 2.45) is 0 Å². The second-order valence-electron chi connectivity index (χ2n) is 11.2. The maximum absolute atomic E-state index is 6.75. The van der Waals surface area contributed by atoms with E-state index in [4.69, 9.17) is 19.4 Å². The van der Waals surface area contributed by atoms with Gasteiger partial charge in [-0.15, -0.1) is 11.3 Å². The number of thiophene rings is 1. The average molecular weight is 595 g/mol. The molecule has 0 saturated carbocycles. The molecule has 0 aliphatic rings. The van der Waals surface area contributed by atoms with E-state index in [0.717, 1.165) is 54.9 Å². The summed E-state index contributed by atoms with van der Waals surface area (Å²) in [6, 6.07) is 46.0. The second kappa shape index (κ2) is 9.32. The zero-order valence-corrected chi connectivity index (χ0v) is 24.6. The first-order valence-electron chi connectivity index (χ1n) is 14.9. The van der Waals surface area contributed by atoms with Crippen molar-refractivity contribution < 1.29 is 4.42 Å². The van der Waals surface area contributed by atoms with E-state index in [1.54, 1.807) is 11.3 Å². The summed E-state index contributed by atoms with van der Waals surface area (Å²) in [6.07, 6.45) is 0. The van der Waals surface area contributed by atoms with Crippen LogP contribution in [0.15, 0.2) is 138 Å². The third-order valence-corrected chi connectivity index (χ3v) is 9.80. The maximum Gasteiger partial charge on any atom is 0.238 e. The fourth-order valence-corrected chi connectivity index (χ4v) is 7.72. The molecule has 210 valence electrons. The zero-order chi connectivity index (χ0) is 29.5. The minimum Gasteiger partial charge on any atom is -0.455 e. The first-order chi connectivity index (χ1) is 22.3. The number of benzene rings is 6. The van der Waals surface area contributed by atoms with Gasteiger partial charge < -0.3 is 4.42 Å². The summed E-state index contributed by atoms with van der Waals surface area (Å²) in [6.45, 7) is 0. The Kier molecular flexibility index (Phi) is 5.09. The summed E-state index contributed by atoms with van der Waals surface area (Å²) < 4.78 is 11.4. The van der Waals surface area contributed by atoms with Gasteiger partial charge in [0.25, 0.3) is 0 Å². The molecule has 6 heteroatoms. The van der Waals surface area contributed by atoms with Gasteiger partial charge in [0.15, 0.2) is 11.6 Å². The fraction of sp³-hybridized carbons (Fsp3) is 0. The monoisotopic (exact) mass is 594 g/mol. The molecule has 0 fully saturated rings. The Labute approximate surface area is 260 Å². The molecule has 0 spiro atoms. The standard InChI is InChI=1S/C39H22N4OS/c1-3-11-23(12-4-1)37-40-38(24-13-5-2-6-14-24)42-39(41-37)43-30-17-9-7-15-25(30)28-21-29-26-19-20-34-35(27-16-8-10-18-33(27)45-34)36(26)44-32(29)22-31(28)43/h1-22H. The summed E-state index contributed by atoms with van der Waals surface area (Å²) in [5.41, 5.74) is 5.65. The second-order valence-corrected chi connectivity index (χ2v) is 12.3. The molecule has 0 aliphatic carbocycles. The summed E-state index contributed by atoms with van der Waals surface area (Å²) in [7, 11) is 0. The van der Waals surface area contributed by atoms with Crippen LogP contribution in [-0.4, -0.2) is 19.5 Å². The molecule has 10 rings (SSSR count). The minimum atomic E-state index is 0.565. The third-order valence-electron chi connectivity index (χ3n) is 8.66. The van der Waals surface area contributed by atoms with Gasteiger partial charge in [-0.3, -0.25) is 4.57 Å². The molecule has 0 bridgehead atoms. The lowest BCUT2D eigenvalue weighted by atomic mass is 10.1. The van der Waals surface area contributed by atoms with Crippen molar-refractivity contribution in [3.05, 3.63) is 133 Å². The predicted octanol–water partition coefficient (Wildman–Crippen LogP) is 10.6. The summed E-state index contributed by atoms with van der Waals surface area (Å²) >= 11 is 1.81. The number of hydrogen-bond donors (Lipinski definition) is 0. The molecule has 4 heterocycles. The Balaban J connectivity index is 1.30. The number of rotatable bonds is 3. The highest BCUT2D eigenvalue weighted by molar-refractivity contribution is 7.26. The fourth-order valence-electron chi connectivity index (χ4n) is 6.62. The van der Waals surface area contributed by atoms with Crippen LogP contribution in [0.1, 0.15) is 0 Å². The van der Waals surface area contributed by atoms with Gasteiger partial charge in [0.05, 0.1) is 11.0 Å². The van der Waals surface area contributed by atoms with E-state index in [0.29, 0.717) is 17.6 Å². The number of nitrogens with zero attached hydrogens (tertiary/aromatic N) is 4. The van der Waals surface area contributed by atoms with Crippen LogP contribution in [0.2, 0.25) is 0 Å². The first-order valence-corrected chi connectivity index (χ1v) is 15.7. The van der Waals surface area contributed by atoms with E-state index in [9.17, 15) is 0 Å². The molecule has 5 nitrogen and oxygen atoms in total. The van der Waals surface area contributed by atoms with E-state index in [-0.39, 0.29) is 0 Å². The Morgan fingerprint density at radius 2 is 1.16 bits per heavy atom. The average Bonchev–Trinajstić information content (AvgIpc) is 3.76. The molecule has 6 aromatic carbocycles. The minimum absolute atomic E-state index is 0.565. The Morgan fingerprint density at radius 1 is 0.489 bits per heavy atom. The molecule has 0 radical (unpaired) electrons. The normalized spacial score (nSPS) is 12.0. The number of para-hydroxylation sites is 1. The summed E-state index contributed by atoms with van der Waals surface area (Å²) in [4.78, 5) is 15.1. The van der Waals surface area contributed by atoms with Gasteiger partial charge in [-0.05, 0) is 30.3 Å². The van der Waals surface area contributed by atoms with Gasteiger partial charge in [-0.1, -0.05) is 97.1 Å². The van der Waals surface area contributed by atoms with E-state index in [1.165, 1.54) is 20.2 Å². The van der Waals surface area contributed by atoms with Crippen LogP contribution in [-0.2, 0) is 0 Å². The van der Waals surface area contributed by atoms with Crippen molar-refractivity contribution in [2.45, 2.75) is 0 Å². The van der Waals surface area contributed by atoms with E-state index in [1.807, 2.05) is 60.7 Å². The highest BCUT2D eigenvalue weighted by Gasteiger charge is 2.21. The van der Waals surface area contributed by atoms with Gasteiger partial charge in [-0.25, -0.2) is 4.98 Å². The van der Waals surface area contributed by atoms with Crippen LogP contribution in [0, 0.1) is 0 Å². The van der Waals surface area contributed by atoms with Crippen LogP contribution in [0.3, 0.4) is 0 Å². The van der Waals surface area contributed by atoms with Crippen LogP contribution >= 0.6 is 11.3 Å². The van der Waals surface area contributed by atoms with E-state index < -0.39 is 0 Å². The van der Waals surface area contributed by atoms with Crippen molar-refractivity contribution >= 4 is 75.3 Å².